The molecule has 3 fully saturated rings. The van der Waals surface area contributed by atoms with Crippen LogP contribution < -0.4 is 10.6 Å². The highest BCUT2D eigenvalue weighted by atomic mass is 16.3. The maximum atomic E-state index is 10.3. The molecule has 4 rings (SSSR count). The molecule has 2 aliphatic heterocycles. The number of nitrogens with zero attached hydrogens (tertiary/aromatic N) is 2. The molecule has 2 unspecified atom stereocenters. The molecule has 2 atom stereocenters. The molecule has 2 bridgehead atoms. The van der Waals surface area contributed by atoms with E-state index >= 15 is 0 Å². The normalized spacial score (nSPS) is 30.0. The SMILES string of the molecule is CCNC(=NCC1(O)CCC1)NC1CC2CCC(C1)N2Cc1ccccc1. The largest absolute Gasteiger partial charge is 0.388 e. The van der Waals surface area contributed by atoms with Gasteiger partial charge in [0.2, 0.25) is 0 Å². The molecule has 1 saturated carbocycles. The number of aliphatic imine (C=N–C) groups is 1. The lowest BCUT2D eigenvalue weighted by Gasteiger charge is -2.40. The van der Waals surface area contributed by atoms with E-state index in [0.717, 1.165) is 38.3 Å². The van der Waals surface area contributed by atoms with Crippen LogP contribution in [0.1, 0.15) is 57.4 Å². The molecule has 5 nitrogen and oxygen atoms in total. The zero-order valence-electron chi connectivity index (χ0n) is 16.5. The average molecular weight is 371 g/mol. The van der Waals surface area contributed by atoms with Crippen LogP contribution >= 0.6 is 0 Å². The Hall–Kier alpha value is -1.59. The molecule has 148 valence electrons. The minimum Gasteiger partial charge on any atom is -0.388 e. The van der Waals surface area contributed by atoms with E-state index in [0.29, 0.717) is 24.7 Å². The van der Waals surface area contributed by atoms with E-state index < -0.39 is 5.60 Å². The fourth-order valence-corrected chi connectivity index (χ4v) is 4.93. The second-order valence-electron chi connectivity index (χ2n) is 8.63. The number of benzene rings is 1. The van der Waals surface area contributed by atoms with Gasteiger partial charge in [0.1, 0.15) is 0 Å². The van der Waals surface area contributed by atoms with Gasteiger partial charge in [-0.05, 0) is 57.4 Å². The quantitative estimate of drug-likeness (QED) is 0.532. The Bertz CT molecular complexity index is 629. The summed E-state index contributed by atoms with van der Waals surface area (Å²) < 4.78 is 0. The van der Waals surface area contributed by atoms with Gasteiger partial charge in [-0.3, -0.25) is 9.89 Å². The molecule has 3 N–H and O–H groups in total. The van der Waals surface area contributed by atoms with Gasteiger partial charge in [-0.1, -0.05) is 30.3 Å². The van der Waals surface area contributed by atoms with E-state index in [1.165, 1.54) is 31.2 Å². The third-order valence-corrected chi connectivity index (χ3v) is 6.59. The first kappa shape index (κ1) is 18.8. The maximum absolute atomic E-state index is 10.3. The number of hydrogen-bond acceptors (Lipinski definition) is 3. The summed E-state index contributed by atoms with van der Waals surface area (Å²) in [7, 11) is 0. The summed E-state index contributed by atoms with van der Waals surface area (Å²) in [6.45, 7) is 4.54. The second kappa shape index (κ2) is 8.19. The molecular formula is C22H34N4O. The van der Waals surface area contributed by atoms with Crippen molar-refractivity contribution in [3.05, 3.63) is 35.9 Å². The summed E-state index contributed by atoms with van der Waals surface area (Å²) in [6.07, 6.45) is 7.87. The number of fused-ring (bicyclic) bond motifs is 2. The first-order chi connectivity index (χ1) is 13.1. The van der Waals surface area contributed by atoms with Gasteiger partial charge in [0.05, 0.1) is 12.1 Å². The molecule has 1 aromatic carbocycles. The highest BCUT2D eigenvalue weighted by molar-refractivity contribution is 5.80. The predicted molar refractivity (Wildman–Crippen MR) is 110 cm³/mol. The molecule has 2 heterocycles. The van der Waals surface area contributed by atoms with E-state index in [1.807, 2.05) is 0 Å². The maximum Gasteiger partial charge on any atom is 0.191 e. The zero-order valence-corrected chi connectivity index (χ0v) is 16.5. The van der Waals surface area contributed by atoms with Gasteiger partial charge < -0.3 is 15.7 Å². The van der Waals surface area contributed by atoms with Crippen molar-refractivity contribution in [2.45, 2.75) is 82.1 Å². The van der Waals surface area contributed by atoms with Crippen molar-refractivity contribution in [2.24, 2.45) is 4.99 Å². The minimum atomic E-state index is -0.555. The van der Waals surface area contributed by atoms with Crippen molar-refractivity contribution in [1.29, 1.82) is 0 Å². The molecule has 27 heavy (non-hydrogen) atoms. The molecule has 0 aromatic heterocycles. The predicted octanol–water partition coefficient (Wildman–Crippen LogP) is 2.65. The van der Waals surface area contributed by atoms with Crippen LogP contribution in [-0.4, -0.2) is 52.8 Å². The van der Waals surface area contributed by atoms with Crippen molar-refractivity contribution in [2.75, 3.05) is 13.1 Å². The Kier molecular flexibility index (Phi) is 5.69. The molecule has 3 aliphatic rings. The summed E-state index contributed by atoms with van der Waals surface area (Å²) >= 11 is 0. The van der Waals surface area contributed by atoms with Gasteiger partial charge in [-0.2, -0.15) is 0 Å². The molecule has 1 aromatic rings. The van der Waals surface area contributed by atoms with E-state index in [2.05, 4.69) is 57.8 Å². The minimum absolute atomic E-state index is 0.475. The van der Waals surface area contributed by atoms with E-state index in [9.17, 15) is 5.11 Å². The summed E-state index contributed by atoms with van der Waals surface area (Å²) in [5.74, 6) is 0.874. The van der Waals surface area contributed by atoms with Crippen LogP contribution in [0.15, 0.2) is 35.3 Å². The molecule has 5 heteroatoms. The standard InChI is InChI=1S/C22H34N4O/c1-2-23-21(24-16-22(27)11-6-12-22)25-18-13-19-9-10-20(14-18)26(19)15-17-7-4-3-5-8-17/h3-5,7-8,18-20,27H,2,6,9-16H2,1H3,(H2,23,24,25). The summed E-state index contributed by atoms with van der Waals surface area (Å²) in [6, 6.07) is 12.7. The zero-order chi connectivity index (χ0) is 18.7. The molecule has 0 radical (unpaired) electrons. The van der Waals surface area contributed by atoms with Crippen LogP contribution in [0.25, 0.3) is 0 Å². The Morgan fingerprint density at radius 2 is 1.89 bits per heavy atom. The van der Waals surface area contributed by atoms with E-state index in [-0.39, 0.29) is 0 Å². The fraction of sp³-hybridized carbons (Fsp3) is 0.682. The fourth-order valence-electron chi connectivity index (χ4n) is 4.93. The number of nitrogens with one attached hydrogen (secondary N) is 2. The van der Waals surface area contributed by atoms with Crippen LogP contribution in [0.4, 0.5) is 0 Å². The Morgan fingerprint density at radius 3 is 2.48 bits per heavy atom. The number of piperidine rings is 1. The molecule has 1 aliphatic carbocycles. The Morgan fingerprint density at radius 1 is 1.19 bits per heavy atom. The summed E-state index contributed by atoms with van der Waals surface area (Å²) in [5, 5.41) is 17.4. The first-order valence-electron chi connectivity index (χ1n) is 10.7. The third-order valence-electron chi connectivity index (χ3n) is 6.59. The number of aliphatic hydroxyl groups is 1. The lowest BCUT2D eigenvalue weighted by Crippen LogP contribution is -2.52. The summed E-state index contributed by atoms with van der Waals surface area (Å²) in [4.78, 5) is 7.41. The number of rotatable bonds is 6. The Balaban J connectivity index is 1.34. The van der Waals surface area contributed by atoms with Crippen molar-refractivity contribution in [3.63, 3.8) is 0 Å². The number of hydrogen-bond donors (Lipinski definition) is 3. The lowest BCUT2D eigenvalue weighted by molar-refractivity contribution is -0.0236. The van der Waals surface area contributed by atoms with Crippen LogP contribution in [0, 0.1) is 0 Å². The molecule has 0 amide bonds. The monoisotopic (exact) mass is 370 g/mol. The van der Waals surface area contributed by atoms with Crippen molar-refractivity contribution in [1.82, 2.24) is 15.5 Å². The molecular weight excluding hydrogens is 336 g/mol. The van der Waals surface area contributed by atoms with Crippen LogP contribution in [0.2, 0.25) is 0 Å². The average Bonchev–Trinajstić information content (AvgIpc) is 2.88. The second-order valence-corrected chi connectivity index (χ2v) is 8.63. The van der Waals surface area contributed by atoms with Gasteiger partial charge in [0.15, 0.2) is 5.96 Å². The van der Waals surface area contributed by atoms with Gasteiger partial charge in [-0.15, -0.1) is 0 Å². The van der Waals surface area contributed by atoms with Crippen molar-refractivity contribution in [3.8, 4) is 0 Å². The highest BCUT2D eigenvalue weighted by Crippen LogP contribution is 2.37. The van der Waals surface area contributed by atoms with Gasteiger partial charge >= 0.3 is 0 Å². The summed E-state index contributed by atoms with van der Waals surface area (Å²) in [5.41, 5.74) is 0.866. The van der Waals surface area contributed by atoms with Crippen molar-refractivity contribution >= 4 is 5.96 Å². The smallest absolute Gasteiger partial charge is 0.191 e. The lowest BCUT2D eigenvalue weighted by atomic mass is 9.80. The van der Waals surface area contributed by atoms with Crippen LogP contribution in [-0.2, 0) is 6.54 Å². The van der Waals surface area contributed by atoms with Crippen LogP contribution in [0.3, 0.4) is 0 Å². The third kappa shape index (κ3) is 4.46. The first-order valence-corrected chi connectivity index (χ1v) is 10.7. The van der Waals surface area contributed by atoms with E-state index in [4.69, 9.17) is 0 Å². The molecule has 2 saturated heterocycles. The van der Waals surface area contributed by atoms with E-state index in [1.54, 1.807) is 0 Å². The van der Waals surface area contributed by atoms with Gasteiger partial charge in [-0.25, -0.2) is 0 Å². The van der Waals surface area contributed by atoms with Gasteiger partial charge in [0.25, 0.3) is 0 Å². The molecule has 0 spiro atoms. The van der Waals surface area contributed by atoms with Gasteiger partial charge in [0, 0.05) is 31.2 Å². The van der Waals surface area contributed by atoms with Crippen molar-refractivity contribution < 1.29 is 5.11 Å². The number of guanidine groups is 1. The highest BCUT2D eigenvalue weighted by Gasteiger charge is 2.41. The topological polar surface area (TPSA) is 59.9 Å². The Labute approximate surface area is 163 Å². The van der Waals surface area contributed by atoms with Crippen LogP contribution in [0.5, 0.6) is 0 Å².